The molecule has 0 aliphatic carbocycles. The van der Waals surface area contributed by atoms with Gasteiger partial charge in [0, 0.05) is 11.6 Å². The van der Waals surface area contributed by atoms with E-state index < -0.39 is 0 Å². The minimum Gasteiger partial charge on any atom is -0.494 e. The number of carbonyl (C=O) groups excluding carboxylic acids is 1. The van der Waals surface area contributed by atoms with Gasteiger partial charge in [-0.15, -0.1) is 0 Å². The molecular formula is C14H15NO3. The quantitative estimate of drug-likeness (QED) is 0.776. The van der Waals surface area contributed by atoms with Crippen molar-refractivity contribution < 1.29 is 14.3 Å². The van der Waals surface area contributed by atoms with Crippen LogP contribution < -0.4 is 4.74 Å². The van der Waals surface area contributed by atoms with E-state index in [1.165, 1.54) is 0 Å². The van der Waals surface area contributed by atoms with E-state index in [0.29, 0.717) is 12.4 Å². The number of esters is 1. The molecule has 18 heavy (non-hydrogen) atoms. The van der Waals surface area contributed by atoms with E-state index in [2.05, 4.69) is 4.98 Å². The fourth-order valence-electron chi connectivity index (χ4n) is 1.89. The predicted molar refractivity (Wildman–Crippen MR) is 68.6 cm³/mol. The normalized spacial score (nSPS) is 10.3. The lowest BCUT2D eigenvalue weighted by Gasteiger charge is -2.09. The van der Waals surface area contributed by atoms with Crippen molar-refractivity contribution >= 4 is 16.9 Å². The fraction of sp³-hybridized carbons (Fsp3) is 0.286. The summed E-state index contributed by atoms with van der Waals surface area (Å²) in [5.74, 6) is 0.478. The summed E-state index contributed by atoms with van der Waals surface area (Å²) in [6.07, 6.45) is 1.96. The highest BCUT2D eigenvalue weighted by molar-refractivity contribution is 5.90. The third kappa shape index (κ3) is 2.42. The Labute approximate surface area is 106 Å². The number of carbonyl (C=O) groups is 1. The molecule has 0 fully saturated rings. The van der Waals surface area contributed by atoms with Crippen molar-refractivity contribution in [3.05, 3.63) is 36.0 Å². The Morgan fingerprint density at radius 1 is 1.33 bits per heavy atom. The van der Waals surface area contributed by atoms with Crippen LogP contribution in [0.3, 0.4) is 0 Å². The molecule has 0 radical (unpaired) electrons. The van der Waals surface area contributed by atoms with Crippen LogP contribution in [0.4, 0.5) is 0 Å². The smallest absolute Gasteiger partial charge is 0.310 e. The summed E-state index contributed by atoms with van der Waals surface area (Å²) >= 11 is 0. The van der Waals surface area contributed by atoms with Crippen LogP contribution in [0.2, 0.25) is 0 Å². The van der Waals surface area contributed by atoms with E-state index >= 15 is 0 Å². The topological polar surface area (TPSA) is 48.4 Å². The van der Waals surface area contributed by atoms with E-state index in [9.17, 15) is 4.79 Å². The second kappa shape index (κ2) is 5.49. The number of pyridine rings is 1. The molecular weight excluding hydrogens is 230 g/mol. The summed E-state index contributed by atoms with van der Waals surface area (Å²) in [5, 5.41) is 0.921. The molecule has 0 N–H and O–H groups in total. The fourth-order valence-corrected chi connectivity index (χ4v) is 1.89. The van der Waals surface area contributed by atoms with Crippen molar-refractivity contribution in [2.45, 2.75) is 13.3 Å². The highest BCUT2D eigenvalue weighted by atomic mass is 16.5. The van der Waals surface area contributed by atoms with Gasteiger partial charge >= 0.3 is 5.97 Å². The number of benzene rings is 1. The van der Waals surface area contributed by atoms with Gasteiger partial charge in [-0.3, -0.25) is 9.78 Å². The molecule has 2 aromatic rings. The third-order valence-electron chi connectivity index (χ3n) is 2.68. The number of fused-ring (bicyclic) bond motifs is 1. The lowest BCUT2D eigenvalue weighted by Crippen LogP contribution is -2.08. The predicted octanol–water partition coefficient (Wildman–Crippen LogP) is 2.35. The number of hydrogen-bond acceptors (Lipinski definition) is 4. The molecule has 0 bridgehead atoms. The van der Waals surface area contributed by atoms with E-state index in [-0.39, 0.29) is 12.4 Å². The molecule has 1 heterocycles. The molecule has 4 heteroatoms. The SMILES string of the molecule is CCOC(=O)Cc1ccc(OC)c2ncccc12. The van der Waals surface area contributed by atoms with Crippen LogP contribution in [0.15, 0.2) is 30.5 Å². The summed E-state index contributed by atoms with van der Waals surface area (Å²) in [6, 6.07) is 7.47. The second-order valence-corrected chi connectivity index (χ2v) is 3.81. The van der Waals surface area contributed by atoms with Crippen molar-refractivity contribution in [3.8, 4) is 5.75 Å². The third-order valence-corrected chi connectivity index (χ3v) is 2.68. The molecule has 0 aliphatic heterocycles. The van der Waals surface area contributed by atoms with Crippen molar-refractivity contribution in [3.63, 3.8) is 0 Å². The zero-order valence-corrected chi connectivity index (χ0v) is 10.5. The monoisotopic (exact) mass is 245 g/mol. The Bertz CT molecular complexity index is 566. The van der Waals surface area contributed by atoms with Crippen LogP contribution in [0.1, 0.15) is 12.5 Å². The first-order chi connectivity index (χ1) is 8.76. The summed E-state index contributed by atoms with van der Waals surface area (Å²) in [5.41, 5.74) is 1.67. The molecule has 0 unspecified atom stereocenters. The minimum atomic E-state index is -0.229. The van der Waals surface area contributed by atoms with Crippen LogP contribution in [-0.2, 0) is 16.0 Å². The molecule has 94 valence electrons. The molecule has 0 saturated heterocycles. The number of methoxy groups -OCH3 is 1. The van der Waals surface area contributed by atoms with Crippen molar-refractivity contribution in [1.29, 1.82) is 0 Å². The van der Waals surface area contributed by atoms with Gasteiger partial charge in [-0.2, -0.15) is 0 Å². The van der Waals surface area contributed by atoms with Crippen molar-refractivity contribution in [2.24, 2.45) is 0 Å². The molecule has 0 saturated carbocycles. The molecule has 0 amide bonds. The van der Waals surface area contributed by atoms with Crippen LogP contribution in [0, 0.1) is 0 Å². The van der Waals surface area contributed by atoms with Gasteiger partial charge in [0.25, 0.3) is 0 Å². The maximum Gasteiger partial charge on any atom is 0.310 e. The van der Waals surface area contributed by atoms with Crippen molar-refractivity contribution in [1.82, 2.24) is 4.98 Å². The molecule has 2 rings (SSSR count). The summed E-state index contributed by atoms with van der Waals surface area (Å²) < 4.78 is 10.2. The Hall–Kier alpha value is -2.10. The highest BCUT2D eigenvalue weighted by Gasteiger charge is 2.11. The van der Waals surface area contributed by atoms with E-state index in [0.717, 1.165) is 16.5 Å². The second-order valence-electron chi connectivity index (χ2n) is 3.81. The van der Waals surface area contributed by atoms with E-state index in [4.69, 9.17) is 9.47 Å². The number of hydrogen-bond donors (Lipinski definition) is 0. The Kier molecular flexibility index (Phi) is 3.77. The van der Waals surface area contributed by atoms with Crippen LogP contribution in [-0.4, -0.2) is 24.7 Å². The molecule has 0 atom stereocenters. The Morgan fingerprint density at radius 3 is 2.89 bits per heavy atom. The lowest BCUT2D eigenvalue weighted by molar-refractivity contribution is -0.142. The zero-order chi connectivity index (χ0) is 13.0. The molecule has 4 nitrogen and oxygen atoms in total. The standard InChI is InChI=1S/C14H15NO3/c1-3-18-13(16)9-10-6-7-12(17-2)14-11(10)5-4-8-15-14/h4-8H,3,9H2,1-2H3. The largest absolute Gasteiger partial charge is 0.494 e. The van der Waals surface area contributed by atoms with Crippen LogP contribution >= 0.6 is 0 Å². The summed E-state index contributed by atoms with van der Waals surface area (Å²) in [6.45, 7) is 2.19. The van der Waals surface area contributed by atoms with Gasteiger partial charge in [-0.25, -0.2) is 0 Å². The zero-order valence-electron chi connectivity index (χ0n) is 10.5. The molecule has 1 aromatic heterocycles. The van der Waals surface area contributed by atoms with Gasteiger partial charge in [-0.05, 0) is 24.6 Å². The lowest BCUT2D eigenvalue weighted by atomic mass is 10.1. The number of rotatable bonds is 4. The van der Waals surface area contributed by atoms with Gasteiger partial charge < -0.3 is 9.47 Å². The average Bonchev–Trinajstić information content (AvgIpc) is 2.39. The maximum absolute atomic E-state index is 11.5. The Balaban J connectivity index is 2.43. The maximum atomic E-state index is 11.5. The number of nitrogens with zero attached hydrogens (tertiary/aromatic N) is 1. The summed E-state index contributed by atoms with van der Waals surface area (Å²) in [7, 11) is 1.61. The van der Waals surface area contributed by atoms with E-state index in [1.807, 2.05) is 24.3 Å². The highest BCUT2D eigenvalue weighted by Crippen LogP contribution is 2.26. The van der Waals surface area contributed by atoms with Crippen LogP contribution in [0.5, 0.6) is 5.75 Å². The van der Waals surface area contributed by atoms with Crippen molar-refractivity contribution in [2.75, 3.05) is 13.7 Å². The number of aromatic nitrogens is 1. The van der Waals surface area contributed by atoms with E-state index in [1.54, 1.807) is 20.2 Å². The minimum absolute atomic E-state index is 0.229. The van der Waals surface area contributed by atoms with Gasteiger partial charge in [0.15, 0.2) is 0 Å². The van der Waals surface area contributed by atoms with Gasteiger partial charge in [0.1, 0.15) is 11.3 Å². The van der Waals surface area contributed by atoms with Gasteiger partial charge in [0.2, 0.25) is 0 Å². The molecule has 0 aliphatic rings. The molecule has 0 spiro atoms. The van der Waals surface area contributed by atoms with Gasteiger partial charge in [0.05, 0.1) is 20.1 Å². The number of ether oxygens (including phenoxy) is 2. The first-order valence-electron chi connectivity index (χ1n) is 5.82. The first kappa shape index (κ1) is 12.4. The first-order valence-corrected chi connectivity index (χ1v) is 5.82. The summed E-state index contributed by atoms with van der Waals surface area (Å²) in [4.78, 5) is 15.8. The average molecular weight is 245 g/mol. The van der Waals surface area contributed by atoms with Crippen LogP contribution in [0.25, 0.3) is 10.9 Å². The Morgan fingerprint density at radius 2 is 2.17 bits per heavy atom. The van der Waals surface area contributed by atoms with Gasteiger partial charge in [-0.1, -0.05) is 12.1 Å². The molecule has 1 aromatic carbocycles.